The minimum atomic E-state index is 0.364. The van der Waals surface area contributed by atoms with Crippen molar-refractivity contribution in [1.82, 2.24) is 10.2 Å². The molecule has 1 aliphatic heterocycles. The largest absolute Gasteiger partial charge is 0.396 e. The molecular weight excluding hydrogens is 276 g/mol. The van der Waals surface area contributed by atoms with Crippen LogP contribution in [0, 0.1) is 5.92 Å². The van der Waals surface area contributed by atoms with E-state index in [2.05, 4.69) is 17.1 Å². The van der Waals surface area contributed by atoms with E-state index >= 15 is 0 Å². The van der Waals surface area contributed by atoms with Crippen LogP contribution in [0.25, 0.3) is 0 Å². The summed E-state index contributed by atoms with van der Waals surface area (Å²) < 4.78 is 0. The van der Waals surface area contributed by atoms with Crippen LogP contribution in [-0.4, -0.2) is 60.8 Å². The average Bonchev–Trinajstić information content (AvgIpc) is 2.44. The number of aliphatic hydroxyl groups excluding tert-OH is 1. The predicted octanol–water partition coefficient (Wildman–Crippen LogP) is 2.46. The number of hydrogen-bond donors (Lipinski definition) is 2. The van der Waals surface area contributed by atoms with Gasteiger partial charge in [-0.1, -0.05) is 28.5 Å². The third-order valence-corrected chi connectivity index (χ3v) is 5.99. The van der Waals surface area contributed by atoms with Crippen molar-refractivity contribution in [2.75, 3.05) is 50.8 Å². The van der Waals surface area contributed by atoms with E-state index in [0.29, 0.717) is 6.61 Å². The second-order valence-corrected chi connectivity index (χ2v) is 7.89. The van der Waals surface area contributed by atoms with Gasteiger partial charge in [0.15, 0.2) is 0 Å². The second kappa shape index (κ2) is 12.3. The molecule has 1 heterocycles. The van der Waals surface area contributed by atoms with E-state index in [-0.39, 0.29) is 0 Å². The molecule has 0 spiro atoms. The van der Waals surface area contributed by atoms with E-state index in [1.807, 2.05) is 21.6 Å². The Balaban J connectivity index is 1.85. The van der Waals surface area contributed by atoms with Crippen LogP contribution in [0.4, 0.5) is 0 Å². The maximum atomic E-state index is 8.94. The zero-order chi connectivity index (χ0) is 13.8. The topological polar surface area (TPSA) is 35.5 Å². The average molecular weight is 307 g/mol. The summed E-state index contributed by atoms with van der Waals surface area (Å²) in [4.78, 5) is 2.58. The molecule has 0 unspecified atom stereocenters. The third-order valence-electron chi connectivity index (χ3n) is 3.61. The Kier molecular flexibility index (Phi) is 11.4. The summed E-state index contributed by atoms with van der Waals surface area (Å²) in [5.41, 5.74) is 0. The van der Waals surface area contributed by atoms with Gasteiger partial charge in [-0.3, -0.25) is 0 Å². The molecule has 0 aromatic carbocycles. The lowest BCUT2D eigenvalue weighted by Gasteiger charge is -2.31. The molecule has 1 aliphatic rings. The van der Waals surface area contributed by atoms with Crippen molar-refractivity contribution in [3.05, 3.63) is 0 Å². The minimum absolute atomic E-state index is 0.364. The van der Waals surface area contributed by atoms with Crippen molar-refractivity contribution >= 4 is 21.6 Å². The summed E-state index contributed by atoms with van der Waals surface area (Å²) in [7, 11) is 4.01. The first-order chi connectivity index (χ1) is 9.36. The molecule has 0 aromatic heterocycles. The van der Waals surface area contributed by atoms with Gasteiger partial charge in [-0.05, 0) is 51.2 Å². The van der Waals surface area contributed by atoms with Crippen LogP contribution < -0.4 is 5.32 Å². The Labute approximate surface area is 126 Å². The van der Waals surface area contributed by atoms with Gasteiger partial charge in [-0.2, -0.15) is 0 Å². The van der Waals surface area contributed by atoms with Gasteiger partial charge in [0.1, 0.15) is 0 Å². The van der Waals surface area contributed by atoms with Gasteiger partial charge < -0.3 is 15.3 Å². The maximum Gasteiger partial charge on any atom is 0.0433 e. The van der Waals surface area contributed by atoms with Gasteiger partial charge in [-0.15, -0.1) is 0 Å². The quantitative estimate of drug-likeness (QED) is 0.453. The number of nitrogens with zero attached hydrogens (tertiary/aromatic N) is 1. The number of rotatable bonds is 11. The van der Waals surface area contributed by atoms with Crippen LogP contribution in [0.1, 0.15) is 32.6 Å². The normalized spacial score (nSPS) is 18.0. The number of nitrogens with one attached hydrogen (secondary N) is 1. The first-order valence-corrected chi connectivity index (χ1v) is 10.1. The van der Waals surface area contributed by atoms with E-state index in [9.17, 15) is 0 Å². The number of hydrogen-bond acceptors (Lipinski definition) is 5. The molecule has 5 heteroatoms. The van der Waals surface area contributed by atoms with E-state index in [0.717, 1.165) is 25.4 Å². The van der Waals surface area contributed by atoms with Crippen molar-refractivity contribution in [3.63, 3.8) is 0 Å². The molecular formula is C14H30N2OS2. The fourth-order valence-electron chi connectivity index (χ4n) is 2.38. The smallest absolute Gasteiger partial charge is 0.0433 e. The Bertz CT molecular complexity index is 200. The van der Waals surface area contributed by atoms with E-state index in [1.165, 1.54) is 50.4 Å². The van der Waals surface area contributed by atoms with Crippen molar-refractivity contribution in [3.8, 4) is 0 Å². The summed E-state index contributed by atoms with van der Waals surface area (Å²) in [5.74, 6) is 3.22. The Morgan fingerprint density at radius 3 is 2.58 bits per heavy atom. The first-order valence-electron chi connectivity index (χ1n) is 7.65. The maximum absolute atomic E-state index is 8.94. The van der Waals surface area contributed by atoms with Crippen LogP contribution in [0.5, 0.6) is 0 Å². The molecule has 3 nitrogen and oxygen atoms in total. The summed E-state index contributed by atoms with van der Waals surface area (Å²) in [6.07, 6.45) is 4.78. The van der Waals surface area contributed by atoms with Gasteiger partial charge in [0.2, 0.25) is 0 Å². The van der Waals surface area contributed by atoms with E-state index < -0.39 is 0 Å². The molecule has 0 aromatic rings. The van der Waals surface area contributed by atoms with Gasteiger partial charge in [0.25, 0.3) is 0 Å². The van der Waals surface area contributed by atoms with Crippen LogP contribution >= 0.6 is 21.6 Å². The summed E-state index contributed by atoms with van der Waals surface area (Å²) >= 11 is 0. The molecule has 0 atom stereocenters. The molecule has 0 saturated carbocycles. The standard InChI is InChI=1S/C14H30N2OS2/c1-2-6-15-7-12-18-19-13-10-16-8-3-14(4-9-16)5-11-17/h14-15,17H,2-13H2,1H3. The summed E-state index contributed by atoms with van der Waals surface area (Å²) in [6.45, 7) is 8.54. The SMILES string of the molecule is CCCNCCSSCCN1CCC(CCO)CC1. The van der Waals surface area contributed by atoms with Crippen molar-refractivity contribution in [1.29, 1.82) is 0 Å². The molecule has 0 aliphatic carbocycles. The number of aliphatic hydroxyl groups is 1. The van der Waals surface area contributed by atoms with Crippen molar-refractivity contribution in [2.24, 2.45) is 5.92 Å². The monoisotopic (exact) mass is 306 g/mol. The van der Waals surface area contributed by atoms with Crippen molar-refractivity contribution < 1.29 is 5.11 Å². The molecule has 1 fully saturated rings. The van der Waals surface area contributed by atoms with Crippen LogP contribution in [0.2, 0.25) is 0 Å². The van der Waals surface area contributed by atoms with Gasteiger partial charge in [0, 0.05) is 31.2 Å². The highest BCUT2D eigenvalue weighted by atomic mass is 33.1. The molecule has 114 valence electrons. The minimum Gasteiger partial charge on any atom is -0.396 e. The van der Waals surface area contributed by atoms with Crippen LogP contribution in [0.3, 0.4) is 0 Å². The van der Waals surface area contributed by atoms with Crippen molar-refractivity contribution in [2.45, 2.75) is 32.6 Å². The predicted molar refractivity (Wildman–Crippen MR) is 88.9 cm³/mol. The lowest BCUT2D eigenvalue weighted by atomic mass is 9.94. The van der Waals surface area contributed by atoms with Gasteiger partial charge in [0.05, 0.1) is 0 Å². The highest BCUT2D eigenvalue weighted by Gasteiger charge is 2.17. The Morgan fingerprint density at radius 1 is 1.16 bits per heavy atom. The fourth-order valence-corrected chi connectivity index (χ4v) is 4.36. The van der Waals surface area contributed by atoms with Crippen LogP contribution in [-0.2, 0) is 0 Å². The second-order valence-electron chi connectivity index (χ2n) is 5.19. The highest BCUT2D eigenvalue weighted by Crippen LogP contribution is 2.23. The lowest BCUT2D eigenvalue weighted by molar-refractivity contribution is 0.165. The van der Waals surface area contributed by atoms with E-state index in [4.69, 9.17) is 5.11 Å². The summed E-state index contributed by atoms with van der Waals surface area (Å²) in [5, 5.41) is 12.4. The zero-order valence-corrected chi connectivity index (χ0v) is 13.9. The van der Waals surface area contributed by atoms with Gasteiger partial charge >= 0.3 is 0 Å². The molecule has 0 bridgehead atoms. The van der Waals surface area contributed by atoms with Gasteiger partial charge in [-0.25, -0.2) is 0 Å². The van der Waals surface area contributed by atoms with Crippen LogP contribution in [0.15, 0.2) is 0 Å². The van der Waals surface area contributed by atoms with E-state index in [1.54, 1.807) is 0 Å². The number of likely N-dealkylation sites (tertiary alicyclic amines) is 1. The Hall–Kier alpha value is 0.580. The molecule has 2 N–H and O–H groups in total. The zero-order valence-electron chi connectivity index (χ0n) is 12.3. The third kappa shape index (κ3) is 9.19. The fraction of sp³-hybridized carbons (Fsp3) is 1.00. The number of piperidine rings is 1. The lowest BCUT2D eigenvalue weighted by Crippen LogP contribution is -2.35. The first kappa shape index (κ1) is 17.6. The molecule has 0 radical (unpaired) electrons. The molecule has 1 rings (SSSR count). The highest BCUT2D eigenvalue weighted by molar-refractivity contribution is 8.76. The Morgan fingerprint density at radius 2 is 1.89 bits per heavy atom. The molecule has 19 heavy (non-hydrogen) atoms. The molecule has 0 amide bonds. The summed E-state index contributed by atoms with van der Waals surface area (Å²) in [6, 6.07) is 0. The molecule has 1 saturated heterocycles.